The Hall–Kier alpha value is -3.52. The standard InChI is InChI=1S/C22H14ClF3N4O/c1-11-7-18-21(28-12(11)2)22(31)20(16(25)8-13-3-6-19(26)27-10-13)29-30(18)17-5-4-14(23)9-15(17)24/h3-10H,1-2H3/b16-8-. The minimum absolute atomic E-state index is 0.0306. The number of rotatable bonds is 3. The van der Waals surface area contributed by atoms with Gasteiger partial charge in [-0.05, 0) is 67.4 Å². The topological polar surface area (TPSA) is 60.7 Å². The maximum absolute atomic E-state index is 15.1. The Kier molecular flexibility index (Phi) is 5.32. The largest absolute Gasteiger partial charge is 0.285 e. The normalized spacial score (nSPS) is 11.9. The van der Waals surface area contributed by atoms with Crippen LogP contribution in [0.25, 0.3) is 28.6 Å². The Balaban J connectivity index is 2.03. The number of hydrogen-bond acceptors (Lipinski definition) is 4. The number of fused-ring (bicyclic) bond motifs is 1. The highest BCUT2D eigenvalue weighted by molar-refractivity contribution is 6.30. The summed E-state index contributed by atoms with van der Waals surface area (Å²) in [5.41, 5.74) is 0.330. The van der Waals surface area contributed by atoms with Crippen LogP contribution in [0.1, 0.15) is 22.5 Å². The van der Waals surface area contributed by atoms with Gasteiger partial charge < -0.3 is 0 Å². The van der Waals surface area contributed by atoms with Crippen LogP contribution < -0.4 is 5.43 Å². The van der Waals surface area contributed by atoms with Crippen LogP contribution in [0.2, 0.25) is 5.02 Å². The number of benzene rings is 1. The van der Waals surface area contributed by atoms with Gasteiger partial charge in [0.1, 0.15) is 17.0 Å². The fourth-order valence-corrected chi connectivity index (χ4v) is 3.17. The summed E-state index contributed by atoms with van der Waals surface area (Å²) in [4.78, 5) is 20.7. The molecule has 0 amide bonds. The van der Waals surface area contributed by atoms with Gasteiger partial charge in [0.15, 0.2) is 11.5 Å². The van der Waals surface area contributed by atoms with Crippen LogP contribution in [0.3, 0.4) is 0 Å². The van der Waals surface area contributed by atoms with E-state index in [1.165, 1.54) is 18.2 Å². The number of halogens is 4. The van der Waals surface area contributed by atoms with E-state index in [-0.39, 0.29) is 27.3 Å². The highest BCUT2D eigenvalue weighted by Crippen LogP contribution is 2.24. The summed E-state index contributed by atoms with van der Waals surface area (Å²) in [5.74, 6) is -2.43. The zero-order valence-electron chi connectivity index (χ0n) is 16.3. The van der Waals surface area contributed by atoms with Crippen molar-refractivity contribution in [3.63, 3.8) is 0 Å². The van der Waals surface area contributed by atoms with Gasteiger partial charge in [0, 0.05) is 16.9 Å². The van der Waals surface area contributed by atoms with Crippen LogP contribution >= 0.6 is 11.6 Å². The second-order valence-corrected chi connectivity index (χ2v) is 7.29. The third-order valence-electron chi connectivity index (χ3n) is 4.71. The maximum atomic E-state index is 15.1. The molecule has 0 bridgehead atoms. The van der Waals surface area contributed by atoms with Crippen molar-refractivity contribution < 1.29 is 13.2 Å². The maximum Gasteiger partial charge on any atom is 0.236 e. The molecule has 1 aromatic carbocycles. The van der Waals surface area contributed by atoms with E-state index in [1.807, 2.05) is 0 Å². The van der Waals surface area contributed by atoms with Crippen LogP contribution in [0.4, 0.5) is 13.2 Å². The van der Waals surface area contributed by atoms with Crippen molar-refractivity contribution in [1.29, 1.82) is 0 Å². The van der Waals surface area contributed by atoms with Crippen LogP contribution in [-0.2, 0) is 0 Å². The lowest BCUT2D eigenvalue weighted by molar-refractivity contribution is 0.583. The average molecular weight is 443 g/mol. The Morgan fingerprint density at radius 2 is 1.90 bits per heavy atom. The van der Waals surface area contributed by atoms with Crippen molar-refractivity contribution in [3.8, 4) is 5.69 Å². The van der Waals surface area contributed by atoms with Crippen LogP contribution in [-0.4, -0.2) is 19.7 Å². The number of aromatic nitrogens is 4. The number of hydrogen-bond donors (Lipinski definition) is 0. The first kappa shape index (κ1) is 20.7. The molecule has 0 fully saturated rings. The first-order chi connectivity index (χ1) is 14.7. The van der Waals surface area contributed by atoms with Gasteiger partial charge in [-0.15, -0.1) is 0 Å². The summed E-state index contributed by atoms with van der Waals surface area (Å²) >= 11 is 5.84. The van der Waals surface area contributed by atoms with Gasteiger partial charge in [-0.25, -0.2) is 23.4 Å². The molecule has 0 atom stereocenters. The Labute approximate surface area is 179 Å². The lowest BCUT2D eigenvalue weighted by Gasteiger charge is -2.13. The van der Waals surface area contributed by atoms with E-state index in [0.29, 0.717) is 5.69 Å². The average Bonchev–Trinajstić information content (AvgIpc) is 2.72. The summed E-state index contributed by atoms with van der Waals surface area (Å²) in [5, 5.41) is 4.26. The van der Waals surface area contributed by atoms with E-state index < -0.39 is 28.7 Å². The van der Waals surface area contributed by atoms with Crippen molar-refractivity contribution in [2.45, 2.75) is 13.8 Å². The van der Waals surface area contributed by atoms with E-state index in [9.17, 15) is 13.6 Å². The summed E-state index contributed by atoms with van der Waals surface area (Å²) in [6.45, 7) is 3.49. The van der Waals surface area contributed by atoms with Crippen LogP contribution in [0.5, 0.6) is 0 Å². The highest BCUT2D eigenvalue weighted by Gasteiger charge is 2.19. The van der Waals surface area contributed by atoms with Crippen LogP contribution in [0.15, 0.2) is 47.4 Å². The van der Waals surface area contributed by atoms with E-state index >= 15 is 4.39 Å². The van der Waals surface area contributed by atoms with Gasteiger partial charge >= 0.3 is 0 Å². The molecule has 4 rings (SSSR count). The molecule has 0 N–H and O–H groups in total. The molecule has 0 aliphatic heterocycles. The molecule has 0 saturated heterocycles. The third kappa shape index (κ3) is 3.94. The Bertz CT molecular complexity index is 1420. The molecule has 156 valence electrons. The molecule has 5 nitrogen and oxygen atoms in total. The number of nitrogens with zero attached hydrogens (tertiary/aromatic N) is 4. The summed E-state index contributed by atoms with van der Waals surface area (Å²) < 4.78 is 43.9. The number of aryl methyl sites for hydroxylation is 2. The molecule has 0 aliphatic carbocycles. The molecule has 0 unspecified atom stereocenters. The van der Waals surface area contributed by atoms with Gasteiger partial charge in [0.25, 0.3) is 0 Å². The third-order valence-corrected chi connectivity index (χ3v) is 4.95. The summed E-state index contributed by atoms with van der Waals surface area (Å²) in [6, 6.07) is 7.91. The molecule has 3 heterocycles. The minimum atomic E-state index is -0.997. The molecule has 31 heavy (non-hydrogen) atoms. The molecule has 9 heteroatoms. The Morgan fingerprint density at radius 3 is 2.58 bits per heavy atom. The zero-order valence-corrected chi connectivity index (χ0v) is 17.1. The molecular formula is C22H14ClF3N4O. The number of pyridine rings is 2. The monoisotopic (exact) mass is 442 g/mol. The van der Waals surface area contributed by atoms with Crippen molar-refractivity contribution in [3.05, 3.63) is 92.1 Å². The predicted octanol–water partition coefficient (Wildman–Crippen LogP) is 5.19. The van der Waals surface area contributed by atoms with E-state index in [2.05, 4.69) is 15.1 Å². The van der Waals surface area contributed by atoms with Crippen molar-refractivity contribution in [1.82, 2.24) is 19.7 Å². The van der Waals surface area contributed by atoms with Gasteiger partial charge in [0.2, 0.25) is 11.4 Å². The van der Waals surface area contributed by atoms with Crippen molar-refractivity contribution in [2.75, 3.05) is 0 Å². The molecule has 3 aromatic heterocycles. The fraction of sp³-hybridized carbons (Fsp3) is 0.0909. The highest BCUT2D eigenvalue weighted by atomic mass is 35.5. The van der Waals surface area contributed by atoms with Gasteiger partial charge in [-0.3, -0.25) is 4.79 Å². The predicted molar refractivity (Wildman–Crippen MR) is 113 cm³/mol. The van der Waals surface area contributed by atoms with Crippen molar-refractivity contribution in [2.24, 2.45) is 0 Å². The molecule has 0 aliphatic rings. The van der Waals surface area contributed by atoms with Gasteiger partial charge in [-0.2, -0.15) is 9.49 Å². The lowest BCUT2D eigenvalue weighted by Crippen LogP contribution is -2.19. The van der Waals surface area contributed by atoms with E-state index in [4.69, 9.17) is 11.6 Å². The van der Waals surface area contributed by atoms with Gasteiger partial charge in [-0.1, -0.05) is 11.6 Å². The second kappa shape index (κ2) is 7.96. The second-order valence-electron chi connectivity index (χ2n) is 6.85. The van der Waals surface area contributed by atoms with E-state index in [0.717, 1.165) is 34.7 Å². The smallest absolute Gasteiger partial charge is 0.236 e. The van der Waals surface area contributed by atoms with Gasteiger partial charge in [0.05, 0.1) is 5.52 Å². The SMILES string of the molecule is Cc1cc2c(nc1C)c(=O)c(/C(F)=C/c1ccc(F)nc1)nn2-c1ccc(Cl)cc1F. The quantitative estimate of drug-likeness (QED) is 0.409. The lowest BCUT2D eigenvalue weighted by atomic mass is 10.1. The molecular weight excluding hydrogens is 429 g/mol. The van der Waals surface area contributed by atoms with Crippen molar-refractivity contribution >= 4 is 34.5 Å². The fourth-order valence-electron chi connectivity index (χ4n) is 3.01. The summed E-state index contributed by atoms with van der Waals surface area (Å²) in [7, 11) is 0. The first-order valence-corrected chi connectivity index (χ1v) is 9.48. The summed E-state index contributed by atoms with van der Waals surface area (Å²) in [6.07, 6.45) is 2.10. The molecule has 0 saturated carbocycles. The van der Waals surface area contributed by atoms with E-state index in [1.54, 1.807) is 19.9 Å². The van der Waals surface area contributed by atoms with Crippen LogP contribution in [0, 0.1) is 25.6 Å². The molecule has 4 aromatic rings. The Morgan fingerprint density at radius 1 is 1.13 bits per heavy atom. The first-order valence-electron chi connectivity index (χ1n) is 9.10. The minimum Gasteiger partial charge on any atom is -0.285 e. The zero-order chi connectivity index (χ0) is 22.3. The molecule has 0 spiro atoms. The molecule has 0 radical (unpaired) electrons.